The van der Waals surface area contributed by atoms with Crippen molar-refractivity contribution >= 4 is 0 Å². The van der Waals surface area contributed by atoms with Crippen molar-refractivity contribution in [3.05, 3.63) is 0 Å². The van der Waals surface area contributed by atoms with E-state index in [4.69, 9.17) is 0 Å². The second-order valence-corrected chi connectivity index (χ2v) is 11.4. The molecule has 32 heavy (non-hydrogen) atoms. The lowest BCUT2D eigenvalue weighted by Crippen LogP contribution is -1.97. The Labute approximate surface area is 206 Å². The van der Waals surface area contributed by atoms with Crippen LogP contribution in [0.15, 0.2) is 0 Å². The van der Waals surface area contributed by atoms with E-state index in [-0.39, 0.29) is 0 Å². The third kappa shape index (κ3) is 26.3. The normalized spacial score (nSPS) is 13.5. The Morgan fingerprint density at radius 2 is 0.562 bits per heavy atom. The fourth-order valence-electron chi connectivity index (χ4n) is 5.08. The number of rotatable bonds is 27. The Morgan fingerprint density at radius 3 is 0.875 bits per heavy atom. The predicted octanol–water partition coefficient (Wildman–Crippen LogP) is 12.4. The Bertz CT molecular complexity index is 320. The van der Waals surface area contributed by atoms with Crippen LogP contribution in [0.5, 0.6) is 0 Å². The highest BCUT2D eigenvalue weighted by molar-refractivity contribution is 4.57. The largest absolute Gasteiger partial charge is 0.0654 e. The molecule has 0 aromatic heterocycles. The number of hydrogen-bond acceptors (Lipinski definition) is 0. The average Bonchev–Trinajstić information content (AvgIpc) is 2.80. The van der Waals surface area contributed by atoms with Crippen molar-refractivity contribution in [1.82, 2.24) is 0 Å². The van der Waals surface area contributed by atoms with E-state index in [1.54, 1.807) is 0 Å². The van der Waals surface area contributed by atoms with Crippen molar-refractivity contribution in [2.75, 3.05) is 0 Å². The molecule has 0 saturated heterocycles. The summed E-state index contributed by atoms with van der Waals surface area (Å²) in [5.41, 5.74) is 0. The van der Waals surface area contributed by atoms with Gasteiger partial charge in [0.25, 0.3) is 0 Å². The monoisotopic (exact) mass is 451 g/mol. The molecule has 0 spiro atoms. The highest BCUT2D eigenvalue weighted by Crippen LogP contribution is 2.20. The maximum Gasteiger partial charge on any atom is -0.0443 e. The van der Waals surface area contributed by atoms with Gasteiger partial charge in [-0.25, -0.2) is 0 Å². The SMILES string of the molecule is CCCCCCCCCCCCCCCCCCCCCCC(C)CCCCC(C)CC. The molecule has 0 N–H and O–H groups in total. The molecule has 0 amide bonds. The topological polar surface area (TPSA) is 0 Å². The van der Waals surface area contributed by atoms with Crippen LogP contribution < -0.4 is 0 Å². The van der Waals surface area contributed by atoms with E-state index in [0.717, 1.165) is 11.8 Å². The Morgan fingerprint density at radius 1 is 0.312 bits per heavy atom. The van der Waals surface area contributed by atoms with Gasteiger partial charge >= 0.3 is 0 Å². The summed E-state index contributed by atoms with van der Waals surface area (Å²) in [5.74, 6) is 1.90. The third-order valence-corrected chi connectivity index (χ3v) is 7.89. The van der Waals surface area contributed by atoms with Gasteiger partial charge in [-0.15, -0.1) is 0 Å². The Balaban J connectivity index is 3.11. The van der Waals surface area contributed by atoms with Crippen molar-refractivity contribution in [2.24, 2.45) is 11.8 Å². The lowest BCUT2D eigenvalue weighted by atomic mass is 9.94. The van der Waals surface area contributed by atoms with Gasteiger partial charge in [0.2, 0.25) is 0 Å². The lowest BCUT2D eigenvalue weighted by molar-refractivity contribution is 0.413. The van der Waals surface area contributed by atoms with Crippen LogP contribution in [0, 0.1) is 11.8 Å². The van der Waals surface area contributed by atoms with Crippen LogP contribution in [-0.2, 0) is 0 Å². The van der Waals surface area contributed by atoms with Gasteiger partial charge < -0.3 is 0 Å². The summed E-state index contributed by atoms with van der Waals surface area (Å²) in [6.45, 7) is 9.52. The zero-order valence-electron chi connectivity index (χ0n) is 23.5. The maximum absolute atomic E-state index is 2.48. The molecular formula is C32H66. The highest BCUT2D eigenvalue weighted by atomic mass is 14.1. The van der Waals surface area contributed by atoms with E-state index in [1.807, 2.05) is 0 Å². The summed E-state index contributed by atoms with van der Waals surface area (Å²) >= 11 is 0. The van der Waals surface area contributed by atoms with Gasteiger partial charge in [0, 0.05) is 0 Å². The molecule has 0 rings (SSSR count). The molecule has 194 valence electrons. The van der Waals surface area contributed by atoms with E-state index in [1.165, 1.54) is 167 Å². The van der Waals surface area contributed by atoms with E-state index < -0.39 is 0 Å². The van der Waals surface area contributed by atoms with Crippen LogP contribution in [0.4, 0.5) is 0 Å². The predicted molar refractivity (Wildman–Crippen MR) is 150 cm³/mol. The molecule has 0 fully saturated rings. The molecule has 2 atom stereocenters. The molecule has 0 aliphatic heterocycles. The van der Waals surface area contributed by atoms with E-state index in [9.17, 15) is 0 Å². The van der Waals surface area contributed by atoms with Gasteiger partial charge in [-0.1, -0.05) is 195 Å². The number of hydrogen-bond donors (Lipinski definition) is 0. The van der Waals surface area contributed by atoms with Crippen LogP contribution in [-0.4, -0.2) is 0 Å². The summed E-state index contributed by atoms with van der Waals surface area (Å²) in [5, 5.41) is 0. The first-order valence-electron chi connectivity index (χ1n) is 15.7. The minimum Gasteiger partial charge on any atom is -0.0654 e. The molecule has 0 saturated carbocycles. The fourth-order valence-corrected chi connectivity index (χ4v) is 5.08. The maximum atomic E-state index is 2.48. The van der Waals surface area contributed by atoms with Crippen molar-refractivity contribution in [1.29, 1.82) is 0 Å². The van der Waals surface area contributed by atoms with Gasteiger partial charge in [0.1, 0.15) is 0 Å². The molecule has 0 radical (unpaired) electrons. The summed E-state index contributed by atoms with van der Waals surface area (Å²) in [7, 11) is 0. The molecule has 0 nitrogen and oxygen atoms in total. The minimum atomic E-state index is 0.940. The van der Waals surface area contributed by atoms with Gasteiger partial charge in [0.05, 0.1) is 0 Å². The zero-order chi connectivity index (χ0) is 23.5. The number of unbranched alkanes of at least 4 members (excludes halogenated alkanes) is 20. The molecule has 2 unspecified atom stereocenters. The van der Waals surface area contributed by atoms with Crippen LogP contribution in [0.25, 0.3) is 0 Å². The van der Waals surface area contributed by atoms with E-state index >= 15 is 0 Å². The zero-order valence-corrected chi connectivity index (χ0v) is 23.5. The third-order valence-electron chi connectivity index (χ3n) is 7.89. The molecule has 0 aliphatic carbocycles. The minimum absolute atomic E-state index is 0.940. The summed E-state index contributed by atoms with van der Waals surface area (Å²) < 4.78 is 0. The van der Waals surface area contributed by atoms with Crippen LogP contribution in [0.3, 0.4) is 0 Å². The first kappa shape index (κ1) is 32.0. The Hall–Kier alpha value is 0. The quantitative estimate of drug-likeness (QED) is 0.109. The van der Waals surface area contributed by atoms with Crippen LogP contribution in [0.1, 0.15) is 195 Å². The summed E-state index contributed by atoms with van der Waals surface area (Å²) in [6.07, 6.45) is 38.2. The van der Waals surface area contributed by atoms with Crippen LogP contribution in [0.2, 0.25) is 0 Å². The van der Waals surface area contributed by atoms with Gasteiger partial charge in [-0.3, -0.25) is 0 Å². The molecule has 0 heteroatoms. The molecule has 0 aliphatic rings. The van der Waals surface area contributed by atoms with Crippen molar-refractivity contribution in [3.63, 3.8) is 0 Å². The van der Waals surface area contributed by atoms with Gasteiger partial charge in [-0.2, -0.15) is 0 Å². The molecule has 0 aromatic rings. The smallest absolute Gasteiger partial charge is 0.0443 e. The first-order chi connectivity index (χ1) is 15.7. The second-order valence-electron chi connectivity index (χ2n) is 11.4. The van der Waals surface area contributed by atoms with Crippen molar-refractivity contribution < 1.29 is 0 Å². The lowest BCUT2D eigenvalue weighted by Gasteiger charge is -2.12. The summed E-state index contributed by atoms with van der Waals surface area (Å²) in [4.78, 5) is 0. The van der Waals surface area contributed by atoms with Crippen LogP contribution >= 0.6 is 0 Å². The molecular weight excluding hydrogens is 384 g/mol. The van der Waals surface area contributed by atoms with Gasteiger partial charge in [-0.05, 0) is 11.8 Å². The van der Waals surface area contributed by atoms with E-state index in [0.29, 0.717) is 0 Å². The molecule has 0 heterocycles. The Kier molecular flexibility index (Phi) is 27.2. The standard InChI is InChI=1S/C32H66/c1-5-7-8-9-10-11-12-13-14-15-16-17-18-19-20-21-22-23-24-25-29-32(4)30-27-26-28-31(3)6-2/h31-32H,5-30H2,1-4H3. The fraction of sp³-hybridized carbons (Fsp3) is 1.00. The average molecular weight is 451 g/mol. The molecule has 0 bridgehead atoms. The second kappa shape index (κ2) is 27.2. The molecule has 0 aromatic carbocycles. The van der Waals surface area contributed by atoms with Gasteiger partial charge in [0.15, 0.2) is 0 Å². The summed E-state index contributed by atoms with van der Waals surface area (Å²) in [6, 6.07) is 0. The first-order valence-corrected chi connectivity index (χ1v) is 15.7. The van der Waals surface area contributed by atoms with Crippen molar-refractivity contribution in [2.45, 2.75) is 195 Å². The van der Waals surface area contributed by atoms with E-state index in [2.05, 4.69) is 27.7 Å². The highest BCUT2D eigenvalue weighted by Gasteiger charge is 2.04. The van der Waals surface area contributed by atoms with Crippen molar-refractivity contribution in [3.8, 4) is 0 Å².